The molecule has 12 heteroatoms. The second-order valence-electron chi connectivity index (χ2n) is 12.7. The van der Waals surface area contributed by atoms with E-state index in [2.05, 4.69) is 68.6 Å². The number of benzene rings is 2. The van der Waals surface area contributed by atoms with Crippen LogP contribution in [0.2, 0.25) is 5.02 Å². The first-order valence-corrected chi connectivity index (χ1v) is 16.8. The summed E-state index contributed by atoms with van der Waals surface area (Å²) in [6.07, 6.45) is 7.76. The van der Waals surface area contributed by atoms with Crippen LogP contribution < -0.4 is 14.5 Å². The fourth-order valence-electron chi connectivity index (χ4n) is 7.15. The molecule has 246 valence electrons. The van der Waals surface area contributed by atoms with Gasteiger partial charge in [-0.3, -0.25) is 14.8 Å². The zero-order chi connectivity index (χ0) is 33.2. The summed E-state index contributed by atoms with van der Waals surface area (Å²) in [7, 11) is 2.13. The number of amides is 1. The number of rotatable bonds is 8. The lowest BCUT2D eigenvalue weighted by molar-refractivity contribution is -0.127. The Balaban J connectivity index is 1.19. The molecular weight excluding hydrogens is 626 g/mol. The van der Waals surface area contributed by atoms with Crippen LogP contribution in [0.5, 0.6) is 6.01 Å². The quantitative estimate of drug-likeness (QED) is 0.245. The summed E-state index contributed by atoms with van der Waals surface area (Å²) in [5.41, 5.74) is 3.75. The number of likely N-dealkylation sites (tertiary alicyclic amines) is 1. The van der Waals surface area contributed by atoms with E-state index in [4.69, 9.17) is 26.3 Å². The molecule has 4 aromatic rings. The van der Waals surface area contributed by atoms with Crippen LogP contribution in [0.4, 0.5) is 11.5 Å². The predicted molar refractivity (Wildman–Crippen MR) is 186 cm³/mol. The highest BCUT2D eigenvalue weighted by Gasteiger charge is 2.35. The van der Waals surface area contributed by atoms with E-state index in [1.165, 1.54) is 12.4 Å². The van der Waals surface area contributed by atoms with Crippen LogP contribution >= 0.6 is 11.6 Å². The van der Waals surface area contributed by atoms with Crippen molar-refractivity contribution in [2.75, 3.05) is 56.2 Å². The first kappa shape index (κ1) is 31.8. The zero-order valence-electron chi connectivity index (χ0n) is 27.1. The fraction of sp³-hybridized carbons (Fsp3) is 0.389. The van der Waals surface area contributed by atoms with Gasteiger partial charge in [0.1, 0.15) is 12.4 Å². The molecule has 0 radical (unpaired) electrons. The van der Waals surface area contributed by atoms with Crippen molar-refractivity contribution in [2.24, 2.45) is 0 Å². The molecule has 2 aromatic carbocycles. The Labute approximate surface area is 285 Å². The summed E-state index contributed by atoms with van der Waals surface area (Å²) >= 11 is 6.73. The van der Waals surface area contributed by atoms with Crippen LogP contribution in [0, 0.1) is 11.3 Å². The van der Waals surface area contributed by atoms with Gasteiger partial charge in [-0.15, -0.1) is 0 Å². The average Bonchev–Trinajstić information content (AvgIpc) is 3.54. The van der Waals surface area contributed by atoms with E-state index >= 15 is 0 Å². The molecule has 2 fully saturated rings. The number of likely N-dealkylation sites (N-methyl/N-ethyl adjacent to an activating group) is 1. The van der Waals surface area contributed by atoms with E-state index in [1.54, 1.807) is 11.1 Å². The third-order valence-corrected chi connectivity index (χ3v) is 10.1. The molecule has 48 heavy (non-hydrogen) atoms. The minimum absolute atomic E-state index is 0.177. The van der Waals surface area contributed by atoms with Crippen molar-refractivity contribution >= 4 is 45.4 Å². The summed E-state index contributed by atoms with van der Waals surface area (Å²) in [6.45, 7) is 8.32. The maximum atomic E-state index is 13.6. The molecule has 7 rings (SSSR count). The number of ether oxygens (including phenoxy) is 1. The normalized spacial score (nSPS) is 19.6. The van der Waals surface area contributed by atoms with Gasteiger partial charge in [0.05, 0.1) is 53.3 Å². The molecule has 1 amide bonds. The van der Waals surface area contributed by atoms with Crippen molar-refractivity contribution in [3.05, 3.63) is 83.5 Å². The molecule has 0 spiro atoms. The molecule has 3 aliphatic heterocycles. The number of aromatic nitrogens is 4. The third kappa shape index (κ3) is 6.25. The highest BCUT2D eigenvalue weighted by atomic mass is 35.5. The summed E-state index contributed by atoms with van der Waals surface area (Å²) in [5, 5.41) is 12.6. The van der Waals surface area contributed by atoms with Crippen LogP contribution in [0.1, 0.15) is 36.2 Å². The molecular formula is C36H38ClN9O2. The van der Waals surface area contributed by atoms with Gasteiger partial charge in [0.2, 0.25) is 0 Å². The monoisotopic (exact) mass is 663 g/mol. The Morgan fingerprint density at radius 1 is 1.08 bits per heavy atom. The number of nitrogens with zero attached hydrogens (tertiary/aromatic N) is 9. The van der Waals surface area contributed by atoms with E-state index in [-0.39, 0.29) is 23.9 Å². The molecule has 0 bridgehead atoms. The van der Waals surface area contributed by atoms with E-state index in [9.17, 15) is 10.1 Å². The maximum absolute atomic E-state index is 13.6. The van der Waals surface area contributed by atoms with E-state index in [1.807, 2.05) is 12.1 Å². The standard InChI is InChI=1S/C36H38ClN9O2/c1-24(30-20-39-14-15-40-30)35(47)46-19-18-45(21-26(46)11-13-38)34-28-12-17-44(32-10-4-7-25-6-3-9-29(37)33(25)32)22-31(28)41-36(42-34)48-23-27-8-5-16-43(27)2/h3-4,6-7,9-10,14-15,20,26-27H,1,5,8,11-12,16-19,21-23H2,2H3/t26-,27-/m0/s1. The molecule has 0 N–H and O–H groups in total. The molecule has 2 aromatic heterocycles. The number of fused-ring (bicyclic) bond motifs is 2. The maximum Gasteiger partial charge on any atom is 0.318 e. The molecule has 2 atom stereocenters. The summed E-state index contributed by atoms with van der Waals surface area (Å²) in [5.74, 6) is 0.572. The van der Waals surface area contributed by atoms with E-state index in [0.29, 0.717) is 50.5 Å². The first-order chi connectivity index (χ1) is 23.4. The van der Waals surface area contributed by atoms with Crippen molar-refractivity contribution in [2.45, 2.75) is 44.3 Å². The second kappa shape index (κ2) is 13.7. The van der Waals surface area contributed by atoms with E-state index < -0.39 is 0 Å². The van der Waals surface area contributed by atoms with Crippen LogP contribution in [-0.2, 0) is 17.8 Å². The van der Waals surface area contributed by atoms with Crippen molar-refractivity contribution in [3.8, 4) is 12.1 Å². The second-order valence-corrected chi connectivity index (χ2v) is 13.1. The van der Waals surface area contributed by atoms with Gasteiger partial charge in [-0.2, -0.15) is 15.2 Å². The smallest absolute Gasteiger partial charge is 0.318 e. The van der Waals surface area contributed by atoms with Gasteiger partial charge in [0, 0.05) is 61.3 Å². The van der Waals surface area contributed by atoms with Crippen LogP contribution in [0.3, 0.4) is 0 Å². The molecule has 11 nitrogen and oxygen atoms in total. The van der Waals surface area contributed by atoms with Crippen molar-refractivity contribution in [3.63, 3.8) is 0 Å². The number of nitriles is 1. The minimum Gasteiger partial charge on any atom is -0.462 e. The Morgan fingerprint density at radius 3 is 2.71 bits per heavy atom. The number of halogens is 1. The molecule has 0 unspecified atom stereocenters. The first-order valence-electron chi connectivity index (χ1n) is 16.4. The number of carbonyl (C=O) groups is 1. The molecule has 0 saturated carbocycles. The summed E-state index contributed by atoms with van der Waals surface area (Å²) < 4.78 is 6.33. The number of hydrogen-bond donors (Lipinski definition) is 0. The average molecular weight is 664 g/mol. The molecule has 0 aliphatic carbocycles. The van der Waals surface area contributed by atoms with Gasteiger partial charge < -0.3 is 24.3 Å². The van der Waals surface area contributed by atoms with Crippen molar-refractivity contribution in [1.29, 1.82) is 5.26 Å². The van der Waals surface area contributed by atoms with Crippen molar-refractivity contribution < 1.29 is 9.53 Å². The number of carbonyl (C=O) groups excluding carboxylic acids is 1. The van der Waals surface area contributed by atoms with Gasteiger partial charge in [-0.25, -0.2) is 0 Å². The fourth-order valence-corrected chi connectivity index (χ4v) is 7.43. The Kier molecular flexibility index (Phi) is 9.11. The Morgan fingerprint density at radius 2 is 1.94 bits per heavy atom. The minimum atomic E-state index is -0.357. The lowest BCUT2D eigenvalue weighted by Crippen LogP contribution is -2.56. The SMILES string of the molecule is C=C(C(=O)N1CCN(c2nc(OC[C@@H]3CCCN3C)nc3c2CCN(c2cccc4cccc(Cl)c24)C3)C[C@@H]1CC#N)c1cnccn1. The molecule has 2 saturated heterocycles. The van der Waals surface area contributed by atoms with Gasteiger partial charge in [-0.05, 0) is 50.4 Å². The van der Waals surface area contributed by atoms with Crippen LogP contribution in [0.15, 0.2) is 61.6 Å². The Hall–Kier alpha value is -4.79. The lowest BCUT2D eigenvalue weighted by atomic mass is 10.0. The largest absolute Gasteiger partial charge is 0.462 e. The van der Waals surface area contributed by atoms with Gasteiger partial charge >= 0.3 is 6.01 Å². The Bertz CT molecular complexity index is 1880. The molecule has 5 heterocycles. The summed E-state index contributed by atoms with van der Waals surface area (Å²) in [4.78, 5) is 40.5. The topological polar surface area (TPSA) is 115 Å². The van der Waals surface area contributed by atoms with Gasteiger partial charge in [-0.1, -0.05) is 42.4 Å². The lowest BCUT2D eigenvalue weighted by Gasteiger charge is -2.42. The zero-order valence-corrected chi connectivity index (χ0v) is 27.8. The predicted octanol–water partition coefficient (Wildman–Crippen LogP) is 4.75. The third-order valence-electron chi connectivity index (χ3n) is 9.77. The van der Waals surface area contributed by atoms with Crippen LogP contribution in [-0.4, -0.2) is 94.1 Å². The highest BCUT2D eigenvalue weighted by molar-refractivity contribution is 6.36. The van der Waals surface area contributed by atoms with Gasteiger partial charge in [0.15, 0.2) is 0 Å². The number of hydrogen-bond acceptors (Lipinski definition) is 10. The number of anilines is 2. The van der Waals surface area contributed by atoms with Gasteiger partial charge in [0.25, 0.3) is 5.91 Å². The number of piperazine rings is 1. The molecule has 3 aliphatic rings. The van der Waals surface area contributed by atoms with Crippen LogP contribution in [0.25, 0.3) is 16.3 Å². The highest BCUT2D eigenvalue weighted by Crippen LogP contribution is 2.37. The summed E-state index contributed by atoms with van der Waals surface area (Å²) in [6, 6.07) is 14.9. The van der Waals surface area contributed by atoms with E-state index in [0.717, 1.165) is 70.9 Å². The van der Waals surface area contributed by atoms with Crippen molar-refractivity contribution in [1.82, 2.24) is 29.7 Å².